The Balaban J connectivity index is 2.20. The Hall–Kier alpha value is -0.300. The van der Waals surface area contributed by atoms with E-state index in [0.717, 1.165) is 18.2 Å². The summed E-state index contributed by atoms with van der Waals surface area (Å²) < 4.78 is 39.8. The third-order valence-electron chi connectivity index (χ3n) is 2.82. The van der Waals surface area contributed by atoms with Gasteiger partial charge in [0.15, 0.2) is 0 Å². The van der Waals surface area contributed by atoms with Crippen molar-refractivity contribution in [2.75, 3.05) is 31.6 Å². The Morgan fingerprint density at radius 2 is 2.17 bits per heavy atom. The summed E-state index contributed by atoms with van der Waals surface area (Å²) in [4.78, 5) is 13.4. The quantitative estimate of drug-likeness (QED) is 0.572. The van der Waals surface area contributed by atoms with E-state index in [1.807, 2.05) is 0 Å². The standard InChI is InChI=1S/C11H17BrF3NO2/c12-6-9-2-1-4-16(7-9)10(17)3-5-18-8-11(13,14)15/h9H,1-8H2. The zero-order chi connectivity index (χ0) is 13.6. The second-order valence-electron chi connectivity index (χ2n) is 4.42. The van der Waals surface area contributed by atoms with Gasteiger partial charge in [-0.25, -0.2) is 0 Å². The number of rotatable bonds is 5. The molecule has 0 bridgehead atoms. The summed E-state index contributed by atoms with van der Waals surface area (Å²) in [5, 5.41) is 0.849. The van der Waals surface area contributed by atoms with Crippen LogP contribution in [0.1, 0.15) is 19.3 Å². The van der Waals surface area contributed by atoms with E-state index in [1.54, 1.807) is 4.90 Å². The van der Waals surface area contributed by atoms with Crippen molar-refractivity contribution in [1.82, 2.24) is 4.90 Å². The first-order chi connectivity index (χ1) is 8.42. The van der Waals surface area contributed by atoms with E-state index in [1.165, 1.54) is 0 Å². The molecule has 3 nitrogen and oxygen atoms in total. The van der Waals surface area contributed by atoms with Crippen molar-refractivity contribution in [3.8, 4) is 0 Å². The van der Waals surface area contributed by atoms with E-state index in [4.69, 9.17) is 0 Å². The molecule has 1 rings (SSSR count). The summed E-state index contributed by atoms with van der Waals surface area (Å²) in [7, 11) is 0. The number of ether oxygens (including phenoxy) is 1. The Morgan fingerprint density at radius 1 is 1.44 bits per heavy atom. The number of nitrogens with zero attached hydrogens (tertiary/aromatic N) is 1. The molecular weight excluding hydrogens is 315 g/mol. The molecule has 1 saturated heterocycles. The molecule has 0 radical (unpaired) electrons. The van der Waals surface area contributed by atoms with E-state index in [-0.39, 0.29) is 18.9 Å². The fraction of sp³-hybridized carbons (Fsp3) is 0.909. The van der Waals surface area contributed by atoms with Crippen molar-refractivity contribution < 1.29 is 22.7 Å². The topological polar surface area (TPSA) is 29.5 Å². The minimum absolute atomic E-state index is 0.0189. The summed E-state index contributed by atoms with van der Waals surface area (Å²) in [6, 6.07) is 0. The van der Waals surface area contributed by atoms with Crippen molar-refractivity contribution in [2.24, 2.45) is 5.92 Å². The minimum Gasteiger partial charge on any atom is -0.372 e. The van der Waals surface area contributed by atoms with E-state index < -0.39 is 12.8 Å². The van der Waals surface area contributed by atoms with Gasteiger partial charge in [0.25, 0.3) is 0 Å². The number of carbonyl (C=O) groups is 1. The number of carbonyl (C=O) groups excluding carboxylic acids is 1. The van der Waals surface area contributed by atoms with Crippen LogP contribution in [0.2, 0.25) is 0 Å². The van der Waals surface area contributed by atoms with E-state index in [9.17, 15) is 18.0 Å². The maximum atomic E-state index is 11.8. The molecule has 0 spiro atoms. The fourth-order valence-electron chi connectivity index (χ4n) is 1.92. The van der Waals surface area contributed by atoms with Crippen LogP contribution in [0, 0.1) is 5.92 Å². The van der Waals surface area contributed by atoms with Crippen molar-refractivity contribution in [3.05, 3.63) is 0 Å². The minimum atomic E-state index is -4.32. The van der Waals surface area contributed by atoms with Crippen molar-refractivity contribution in [3.63, 3.8) is 0 Å². The number of hydrogen-bond acceptors (Lipinski definition) is 2. The summed E-state index contributed by atoms with van der Waals surface area (Å²) in [6.45, 7) is -0.0803. The van der Waals surface area contributed by atoms with Gasteiger partial charge < -0.3 is 9.64 Å². The second-order valence-corrected chi connectivity index (χ2v) is 5.07. The number of piperidine rings is 1. The van der Waals surface area contributed by atoms with E-state index >= 15 is 0 Å². The molecule has 106 valence electrons. The molecule has 1 aliphatic rings. The summed E-state index contributed by atoms with van der Waals surface area (Å²) in [6.07, 6.45) is -2.27. The Morgan fingerprint density at radius 3 is 2.78 bits per heavy atom. The van der Waals surface area contributed by atoms with Crippen LogP contribution in [-0.4, -0.2) is 48.6 Å². The highest BCUT2D eigenvalue weighted by atomic mass is 79.9. The van der Waals surface area contributed by atoms with Crippen LogP contribution < -0.4 is 0 Å². The first-order valence-corrected chi connectivity index (χ1v) is 7.03. The zero-order valence-electron chi connectivity index (χ0n) is 10.0. The van der Waals surface area contributed by atoms with Crippen LogP contribution >= 0.6 is 15.9 Å². The van der Waals surface area contributed by atoms with Crippen LogP contribution in [0.25, 0.3) is 0 Å². The monoisotopic (exact) mass is 331 g/mol. The lowest BCUT2D eigenvalue weighted by atomic mass is 10.00. The van der Waals surface area contributed by atoms with Crippen LogP contribution in [0.15, 0.2) is 0 Å². The molecule has 1 amide bonds. The molecule has 7 heteroatoms. The molecule has 0 aromatic carbocycles. The molecule has 1 heterocycles. The highest BCUT2D eigenvalue weighted by Gasteiger charge is 2.28. The Labute approximate surface area is 113 Å². The highest BCUT2D eigenvalue weighted by molar-refractivity contribution is 9.09. The highest BCUT2D eigenvalue weighted by Crippen LogP contribution is 2.19. The van der Waals surface area contributed by atoms with Crippen molar-refractivity contribution >= 4 is 21.8 Å². The predicted molar refractivity (Wildman–Crippen MR) is 64.6 cm³/mol. The maximum Gasteiger partial charge on any atom is 0.411 e. The van der Waals surface area contributed by atoms with Gasteiger partial charge in [-0.15, -0.1) is 0 Å². The Kier molecular flexibility index (Phi) is 6.42. The second kappa shape index (κ2) is 7.33. The lowest BCUT2D eigenvalue weighted by Gasteiger charge is -2.32. The molecule has 0 aromatic rings. The molecule has 0 N–H and O–H groups in total. The third kappa shape index (κ3) is 6.04. The van der Waals surface area contributed by atoms with Crippen molar-refractivity contribution in [1.29, 1.82) is 0 Å². The van der Waals surface area contributed by atoms with Gasteiger partial charge in [0.1, 0.15) is 6.61 Å². The first kappa shape index (κ1) is 15.8. The molecule has 1 fully saturated rings. The van der Waals surface area contributed by atoms with Crippen LogP contribution in [0.4, 0.5) is 13.2 Å². The fourth-order valence-corrected chi connectivity index (χ4v) is 2.45. The molecule has 0 aromatic heterocycles. The van der Waals surface area contributed by atoms with Gasteiger partial charge >= 0.3 is 6.18 Å². The third-order valence-corrected chi connectivity index (χ3v) is 3.73. The van der Waals surface area contributed by atoms with Gasteiger partial charge in [-0.2, -0.15) is 13.2 Å². The molecule has 1 unspecified atom stereocenters. The average Bonchev–Trinajstić information content (AvgIpc) is 2.33. The zero-order valence-corrected chi connectivity index (χ0v) is 11.6. The average molecular weight is 332 g/mol. The van der Waals surface area contributed by atoms with Gasteiger partial charge in [-0.3, -0.25) is 4.79 Å². The van der Waals surface area contributed by atoms with E-state index in [2.05, 4.69) is 20.7 Å². The number of halogens is 4. The maximum absolute atomic E-state index is 11.8. The van der Waals surface area contributed by atoms with Gasteiger partial charge in [0.2, 0.25) is 5.91 Å². The van der Waals surface area contributed by atoms with Crippen molar-refractivity contribution in [2.45, 2.75) is 25.4 Å². The lowest BCUT2D eigenvalue weighted by molar-refractivity contribution is -0.175. The molecule has 1 aliphatic heterocycles. The molecule has 0 saturated carbocycles. The largest absolute Gasteiger partial charge is 0.411 e. The van der Waals surface area contributed by atoms with Gasteiger partial charge in [-0.05, 0) is 18.8 Å². The van der Waals surface area contributed by atoms with Crippen LogP contribution in [0.5, 0.6) is 0 Å². The van der Waals surface area contributed by atoms with Crippen LogP contribution in [0.3, 0.4) is 0 Å². The number of alkyl halides is 4. The molecule has 1 atom stereocenters. The molecule has 0 aliphatic carbocycles. The van der Waals surface area contributed by atoms with E-state index in [0.29, 0.717) is 19.0 Å². The summed E-state index contributed by atoms with van der Waals surface area (Å²) in [5.41, 5.74) is 0. The normalized spacial score (nSPS) is 21.1. The number of likely N-dealkylation sites (tertiary alicyclic amines) is 1. The number of hydrogen-bond donors (Lipinski definition) is 0. The number of amides is 1. The summed E-state index contributed by atoms with van der Waals surface area (Å²) >= 11 is 3.39. The molecule has 18 heavy (non-hydrogen) atoms. The van der Waals surface area contributed by atoms with Gasteiger partial charge in [0, 0.05) is 18.4 Å². The smallest absolute Gasteiger partial charge is 0.372 e. The van der Waals surface area contributed by atoms with Gasteiger partial charge in [-0.1, -0.05) is 15.9 Å². The van der Waals surface area contributed by atoms with Crippen LogP contribution in [-0.2, 0) is 9.53 Å². The summed E-state index contributed by atoms with van der Waals surface area (Å²) in [5.74, 6) is 0.321. The lowest BCUT2D eigenvalue weighted by Crippen LogP contribution is -2.40. The van der Waals surface area contributed by atoms with Gasteiger partial charge in [0.05, 0.1) is 13.0 Å². The first-order valence-electron chi connectivity index (χ1n) is 5.90. The predicted octanol–water partition coefficient (Wildman–Crippen LogP) is 2.59. The molecular formula is C11H17BrF3NO2. The Bertz CT molecular complexity index is 274. The SMILES string of the molecule is O=C(CCOCC(F)(F)F)N1CCCC(CBr)C1.